The van der Waals surface area contributed by atoms with Gasteiger partial charge in [-0.05, 0) is 41.6 Å². The summed E-state index contributed by atoms with van der Waals surface area (Å²) >= 11 is 5.97. The smallest absolute Gasteiger partial charge is 0.416 e. The van der Waals surface area contributed by atoms with E-state index in [-0.39, 0.29) is 11.0 Å². The molecule has 3 aromatic rings. The quantitative estimate of drug-likeness (QED) is 0.711. The van der Waals surface area contributed by atoms with E-state index in [1.807, 2.05) is 0 Å². The number of carbonyl (C=O) groups is 1. The molecular formula is C16H12ClF3N4O3. The Morgan fingerprint density at radius 1 is 1.26 bits per heavy atom. The molecule has 0 unspecified atom stereocenters. The molecule has 0 saturated heterocycles. The van der Waals surface area contributed by atoms with E-state index in [4.69, 9.17) is 21.2 Å². The second kappa shape index (κ2) is 7.31. The van der Waals surface area contributed by atoms with Crippen LogP contribution in [0, 0.1) is 0 Å². The molecule has 0 atom stereocenters. The molecule has 1 aromatic heterocycles. The van der Waals surface area contributed by atoms with Gasteiger partial charge in [-0.25, -0.2) is 0 Å². The molecule has 3 rings (SSSR count). The van der Waals surface area contributed by atoms with E-state index in [1.54, 1.807) is 12.1 Å². The summed E-state index contributed by atoms with van der Waals surface area (Å²) in [6.45, 7) is -0.502. The lowest BCUT2D eigenvalue weighted by Crippen LogP contribution is -2.26. The molecule has 1 N–H and O–H groups in total. The van der Waals surface area contributed by atoms with Gasteiger partial charge < -0.3 is 14.9 Å². The van der Waals surface area contributed by atoms with Crippen LogP contribution < -0.4 is 14.9 Å². The summed E-state index contributed by atoms with van der Waals surface area (Å²) in [5.74, 6) is -0.118. The zero-order valence-corrected chi connectivity index (χ0v) is 14.5. The molecule has 142 valence electrons. The Bertz CT molecular complexity index is 991. The largest absolute Gasteiger partial charge is 0.495 e. The molecule has 0 radical (unpaired) electrons. The van der Waals surface area contributed by atoms with Gasteiger partial charge in [0, 0.05) is 5.69 Å². The van der Waals surface area contributed by atoms with E-state index in [9.17, 15) is 18.0 Å². The first-order valence-electron chi connectivity index (χ1n) is 7.47. The molecule has 2 aromatic carbocycles. The third-order valence-electron chi connectivity index (χ3n) is 3.50. The maximum Gasteiger partial charge on any atom is 0.416 e. The maximum atomic E-state index is 12.8. The summed E-state index contributed by atoms with van der Waals surface area (Å²) in [6.07, 6.45) is -4.52. The molecule has 0 spiro atoms. The van der Waals surface area contributed by atoms with Gasteiger partial charge in [0.05, 0.1) is 17.7 Å². The van der Waals surface area contributed by atoms with Crippen molar-refractivity contribution in [2.45, 2.75) is 6.18 Å². The third kappa shape index (κ3) is 4.22. The number of fused-ring (bicyclic) bond motifs is 1. The number of anilines is 1. The molecule has 1 heterocycles. The predicted molar refractivity (Wildman–Crippen MR) is 90.6 cm³/mol. The number of ether oxygens (including phenoxy) is 1. The van der Waals surface area contributed by atoms with Crippen LogP contribution in [0.3, 0.4) is 0 Å². The first kappa shape index (κ1) is 18.8. The summed E-state index contributed by atoms with van der Waals surface area (Å²) in [5, 5.41) is 10.1. The summed E-state index contributed by atoms with van der Waals surface area (Å²) in [5.41, 5.74) is -0.285. The number of hydrogen-bond acceptors (Lipinski definition) is 5. The summed E-state index contributed by atoms with van der Waals surface area (Å²) < 4.78 is 43.5. The van der Waals surface area contributed by atoms with Crippen molar-refractivity contribution in [1.29, 1.82) is 0 Å². The SMILES string of the molecule is COc1ccc(NC(=O)COn2nnc3ccc(C(F)(F)F)cc32)cc1Cl. The van der Waals surface area contributed by atoms with Crippen LogP contribution in [-0.4, -0.2) is 34.8 Å². The minimum atomic E-state index is -4.52. The Hall–Kier alpha value is -3.01. The van der Waals surface area contributed by atoms with E-state index >= 15 is 0 Å². The molecule has 1 amide bonds. The lowest BCUT2D eigenvalue weighted by Gasteiger charge is -2.09. The van der Waals surface area contributed by atoms with Gasteiger partial charge in [-0.15, -0.1) is 5.10 Å². The number of aromatic nitrogens is 3. The van der Waals surface area contributed by atoms with Crippen LogP contribution in [0.25, 0.3) is 11.0 Å². The number of carbonyl (C=O) groups excluding carboxylic acids is 1. The molecule has 7 nitrogen and oxygen atoms in total. The molecule has 0 aliphatic heterocycles. The number of alkyl halides is 3. The van der Waals surface area contributed by atoms with E-state index in [2.05, 4.69) is 15.6 Å². The van der Waals surface area contributed by atoms with Gasteiger partial charge in [0.2, 0.25) is 0 Å². The number of rotatable bonds is 5. The molecule has 11 heteroatoms. The van der Waals surface area contributed by atoms with Crippen molar-refractivity contribution < 1.29 is 27.5 Å². The molecule has 0 saturated carbocycles. The zero-order chi connectivity index (χ0) is 19.6. The van der Waals surface area contributed by atoms with Crippen LogP contribution in [0.15, 0.2) is 36.4 Å². The minimum absolute atomic E-state index is 0.00915. The van der Waals surface area contributed by atoms with E-state index in [1.165, 1.54) is 19.2 Å². The minimum Gasteiger partial charge on any atom is -0.495 e. The Balaban J connectivity index is 1.69. The van der Waals surface area contributed by atoms with Gasteiger partial charge in [-0.3, -0.25) is 4.79 Å². The first-order chi connectivity index (χ1) is 12.8. The number of benzene rings is 2. The normalized spacial score (nSPS) is 11.4. The zero-order valence-electron chi connectivity index (χ0n) is 13.7. The Kier molecular flexibility index (Phi) is 5.08. The topological polar surface area (TPSA) is 78.3 Å². The standard InChI is InChI=1S/C16H12ClF3N4O3/c1-26-14-5-3-10(7-11(14)17)21-15(25)8-27-24-13-6-9(16(18,19)20)2-4-12(13)22-23-24/h2-7H,8H2,1H3,(H,21,25). The molecular weight excluding hydrogens is 389 g/mol. The fourth-order valence-electron chi connectivity index (χ4n) is 2.23. The highest BCUT2D eigenvalue weighted by Crippen LogP contribution is 2.31. The third-order valence-corrected chi connectivity index (χ3v) is 3.79. The van der Waals surface area contributed by atoms with Gasteiger partial charge in [-0.2, -0.15) is 13.2 Å². The summed E-state index contributed by atoms with van der Waals surface area (Å²) in [4.78, 5) is 17.9. The van der Waals surface area contributed by atoms with Crippen molar-refractivity contribution in [3.63, 3.8) is 0 Å². The summed E-state index contributed by atoms with van der Waals surface area (Å²) in [6, 6.07) is 7.53. The fraction of sp³-hybridized carbons (Fsp3) is 0.188. The average molecular weight is 401 g/mol. The van der Waals surface area contributed by atoms with E-state index < -0.39 is 24.3 Å². The number of nitrogens with zero attached hydrogens (tertiary/aromatic N) is 3. The van der Waals surface area contributed by atoms with Gasteiger partial charge in [0.1, 0.15) is 16.8 Å². The lowest BCUT2D eigenvalue weighted by atomic mass is 10.2. The predicted octanol–water partition coefficient (Wildman–Crippen LogP) is 3.18. The molecule has 27 heavy (non-hydrogen) atoms. The van der Waals surface area contributed by atoms with Crippen molar-refractivity contribution in [3.05, 3.63) is 47.0 Å². The maximum absolute atomic E-state index is 12.8. The summed E-state index contributed by atoms with van der Waals surface area (Å²) in [7, 11) is 1.46. The second-order valence-corrected chi connectivity index (χ2v) is 5.74. The average Bonchev–Trinajstić information content (AvgIpc) is 3.02. The van der Waals surface area contributed by atoms with Gasteiger partial charge in [-0.1, -0.05) is 16.4 Å². The number of hydrogen-bond donors (Lipinski definition) is 1. The van der Waals surface area contributed by atoms with Crippen LogP contribution in [0.4, 0.5) is 18.9 Å². The Morgan fingerprint density at radius 3 is 2.70 bits per heavy atom. The highest BCUT2D eigenvalue weighted by molar-refractivity contribution is 6.32. The number of halogens is 4. The van der Waals surface area contributed by atoms with Gasteiger partial charge >= 0.3 is 6.18 Å². The van der Waals surface area contributed by atoms with Crippen LogP contribution in [0.5, 0.6) is 5.75 Å². The molecule has 0 aliphatic rings. The monoisotopic (exact) mass is 400 g/mol. The number of amides is 1. The Labute approximate surface area is 155 Å². The van der Waals surface area contributed by atoms with Crippen LogP contribution >= 0.6 is 11.6 Å². The molecule has 0 aliphatic carbocycles. The highest BCUT2D eigenvalue weighted by atomic mass is 35.5. The van der Waals surface area contributed by atoms with Gasteiger partial charge in [0.25, 0.3) is 5.91 Å². The van der Waals surface area contributed by atoms with Crippen molar-refractivity contribution >= 4 is 34.2 Å². The molecule has 0 fully saturated rings. The molecule has 0 bridgehead atoms. The van der Waals surface area contributed by atoms with Crippen molar-refractivity contribution in [1.82, 2.24) is 15.2 Å². The van der Waals surface area contributed by atoms with E-state index in [0.29, 0.717) is 16.5 Å². The number of methoxy groups -OCH3 is 1. The second-order valence-electron chi connectivity index (χ2n) is 5.33. The number of nitrogens with one attached hydrogen (secondary N) is 1. The highest BCUT2D eigenvalue weighted by Gasteiger charge is 2.31. The first-order valence-corrected chi connectivity index (χ1v) is 7.85. The Morgan fingerprint density at radius 2 is 2.04 bits per heavy atom. The van der Waals surface area contributed by atoms with Crippen LogP contribution in [0.2, 0.25) is 5.02 Å². The van der Waals surface area contributed by atoms with Crippen molar-refractivity contribution in [2.24, 2.45) is 0 Å². The lowest BCUT2D eigenvalue weighted by molar-refractivity contribution is -0.137. The van der Waals surface area contributed by atoms with Crippen molar-refractivity contribution in [3.8, 4) is 5.75 Å². The fourth-order valence-corrected chi connectivity index (χ4v) is 2.49. The van der Waals surface area contributed by atoms with Crippen molar-refractivity contribution in [2.75, 3.05) is 19.0 Å². The van der Waals surface area contributed by atoms with Crippen LogP contribution in [-0.2, 0) is 11.0 Å². The van der Waals surface area contributed by atoms with Crippen LogP contribution in [0.1, 0.15) is 5.56 Å². The van der Waals surface area contributed by atoms with E-state index in [0.717, 1.165) is 17.0 Å². The van der Waals surface area contributed by atoms with Gasteiger partial charge in [0.15, 0.2) is 6.61 Å².